The lowest BCUT2D eigenvalue weighted by Gasteiger charge is -2.09. The van der Waals surface area contributed by atoms with Gasteiger partial charge in [-0.25, -0.2) is 9.78 Å². The van der Waals surface area contributed by atoms with Crippen molar-refractivity contribution in [3.63, 3.8) is 0 Å². The monoisotopic (exact) mass is 211 g/mol. The Morgan fingerprint density at radius 3 is 2.87 bits per heavy atom. The molecule has 0 spiro atoms. The molecule has 0 aromatic carbocycles. The molecule has 0 unspecified atom stereocenters. The van der Waals surface area contributed by atoms with E-state index in [4.69, 9.17) is 9.84 Å². The third-order valence-corrected chi connectivity index (χ3v) is 1.62. The van der Waals surface area contributed by atoms with Crippen LogP contribution in [0, 0.1) is 0 Å². The molecule has 0 saturated carbocycles. The molecule has 0 bridgehead atoms. The van der Waals surface area contributed by atoms with E-state index in [1.807, 2.05) is 19.0 Å². The summed E-state index contributed by atoms with van der Waals surface area (Å²) in [4.78, 5) is 20.0. The lowest BCUT2D eigenvalue weighted by Crippen LogP contribution is -2.20. The van der Waals surface area contributed by atoms with Crippen LogP contribution in [0.5, 0.6) is 5.88 Å². The van der Waals surface area contributed by atoms with E-state index in [1.54, 1.807) is 0 Å². The van der Waals surface area contributed by atoms with Crippen LogP contribution >= 0.6 is 0 Å². The number of rotatable bonds is 5. The molecule has 6 nitrogen and oxygen atoms in total. The van der Waals surface area contributed by atoms with E-state index in [0.29, 0.717) is 6.61 Å². The molecule has 0 aliphatic carbocycles. The van der Waals surface area contributed by atoms with Crippen molar-refractivity contribution >= 4 is 5.97 Å². The molecule has 0 aliphatic heterocycles. The van der Waals surface area contributed by atoms with E-state index in [0.717, 1.165) is 6.54 Å². The van der Waals surface area contributed by atoms with Crippen molar-refractivity contribution in [1.29, 1.82) is 0 Å². The third kappa shape index (κ3) is 3.90. The Balaban J connectivity index is 2.54. The highest BCUT2D eigenvalue weighted by atomic mass is 16.5. The van der Waals surface area contributed by atoms with Gasteiger partial charge in [0, 0.05) is 6.54 Å². The lowest BCUT2D eigenvalue weighted by molar-refractivity contribution is 0.0688. The number of carboxylic acids is 1. The second kappa shape index (κ2) is 5.26. The van der Waals surface area contributed by atoms with Gasteiger partial charge >= 0.3 is 5.97 Å². The molecule has 82 valence electrons. The number of likely N-dealkylation sites (N-methyl/N-ethyl adjacent to an activating group) is 1. The SMILES string of the molecule is CN(C)CCOc1cncc(C(=O)O)n1. The van der Waals surface area contributed by atoms with Gasteiger partial charge in [-0.2, -0.15) is 0 Å². The van der Waals surface area contributed by atoms with Crippen molar-refractivity contribution in [1.82, 2.24) is 14.9 Å². The summed E-state index contributed by atoms with van der Waals surface area (Å²) in [5.41, 5.74) is -0.114. The van der Waals surface area contributed by atoms with E-state index >= 15 is 0 Å². The number of aromatic nitrogens is 2. The van der Waals surface area contributed by atoms with Crippen LogP contribution in [0.3, 0.4) is 0 Å². The van der Waals surface area contributed by atoms with Crippen molar-refractivity contribution < 1.29 is 14.6 Å². The second-order valence-corrected chi connectivity index (χ2v) is 3.20. The molecule has 0 atom stereocenters. The quantitative estimate of drug-likeness (QED) is 0.745. The van der Waals surface area contributed by atoms with Gasteiger partial charge in [0.1, 0.15) is 6.61 Å². The number of carbonyl (C=O) groups is 1. The first-order valence-corrected chi connectivity index (χ1v) is 4.42. The van der Waals surface area contributed by atoms with E-state index in [-0.39, 0.29) is 11.6 Å². The Morgan fingerprint density at radius 2 is 2.27 bits per heavy atom. The maximum atomic E-state index is 10.6. The Bertz CT molecular complexity index is 341. The molecule has 1 aromatic rings. The second-order valence-electron chi connectivity index (χ2n) is 3.20. The highest BCUT2D eigenvalue weighted by Crippen LogP contribution is 2.04. The zero-order valence-corrected chi connectivity index (χ0v) is 8.67. The van der Waals surface area contributed by atoms with E-state index in [2.05, 4.69) is 9.97 Å². The molecule has 15 heavy (non-hydrogen) atoms. The Hall–Kier alpha value is -1.69. The smallest absolute Gasteiger partial charge is 0.356 e. The molecule has 0 amide bonds. The lowest BCUT2D eigenvalue weighted by atomic mass is 10.5. The summed E-state index contributed by atoms with van der Waals surface area (Å²) >= 11 is 0. The van der Waals surface area contributed by atoms with Crippen molar-refractivity contribution in [3.8, 4) is 5.88 Å². The van der Waals surface area contributed by atoms with Crippen LogP contribution in [0.15, 0.2) is 12.4 Å². The zero-order valence-electron chi connectivity index (χ0n) is 8.67. The molecule has 6 heteroatoms. The van der Waals surface area contributed by atoms with Gasteiger partial charge in [-0.3, -0.25) is 4.98 Å². The van der Waals surface area contributed by atoms with Gasteiger partial charge in [0.2, 0.25) is 5.88 Å². The largest absolute Gasteiger partial charge is 0.476 e. The van der Waals surface area contributed by atoms with Gasteiger partial charge in [-0.1, -0.05) is 0 Å². The number of nitrogens with zero attached hydrogens (tertiary/aromatic N) is 3. The number of carboxylic acid groups (broad SMARTS) is 1. The first kappa shape index (κ1) is 11.4. The molecular formula is C9H13N3O3. The Labute approximate surface area is 87.5 Å². The first-order valence-electron chi connectivity index (χ1n) is 4.42. The van der Waals surface area contributed by atoms with Crippen molar-refractivity contribution in [3.05, 3.63) is 18.1 Å². The van der Waals surface area contributed by atoms with Gasteiger partial charge in [0.05, 0.1) is 12.4 Å². The number of ether oxygens (including phenoxy) is 1. The Morgan fingerprint density at radius 1 is 1.53 bits per heavy atom. The molecule has 1 heterocycles. The predicted octanol–water partition coefficient (Wildman–Crippen LogP) is 0.115. The minimum Gasteiger partial charge on any atom is -0.476 e. The van der Waals surface area contributed by atoms with Gasteiger partial charge in [0.15, 0.2) is 5.69 Å². The van der Waals surface area contributed by atoms with E-state index < -0.39 is 5.97 Å². The summed E-state index contributed by atoms with van der Waals surface area (Å²) in [5, 5.41) is 8.66. The number of hydrogen-bond acceptors (Lipinski definition) is 5. The van der Waals surface area contributed by atoms with Crippen molar-refractivity contribution in [2.24, 2.45) is 0 Å². The Kier molecular flexibility index (Phi) is 3.99. The molecule has 1 N–H and O–H groups in total. The van der Waals surface area contributed by atoms with Gasteiger partial charge in [-0.05, 0) is 14.1 Å². The molecule has 1 rings (SSSR count). The molecular weight excluding hydrogens is 198 g/mol. The zero-order chi connectivity index (χ0) is 11.3. The van der Waals surface area contributed by atoms with Crippen LogP contribution in [-0.2, 0) is 0 Å². The van der Waals surface area contributed by atoms with Crippen LogP contribution in [0.2, 0.25) is 0 Å². The molecule has 1 aromatic heterocycles. The predicted molar refractivity (Wildman–Crippen MR) is 53.0 cm³/mol. The summed E-state index contributed by atoms with van der Waals surface area (Å²) in [7, 11) is 3.84. The maximum Gasteiger partial charge on any atom is 0.356 e. The third-order valence-electron chi connectivity index (χ3n) is 1.62. The number of aromatic carboxylic acids is 1. The number of hydrogen-bond donors (Lipinski definition) is 1. The van der Waals surface area contributed by atoms with Crippen molar-refractivity contribution in [2.75, 3.05) is 27.2 Å². The average molecular weight is 211 g/mol. The van der Waals surface area contributed by atoms with Crippen LogP contribution in [0.1, 0.15) is 10.5 Å². The summed E-state index contributed by atoms with van der Waals surface area (Å²) in [5.74, 6) is -0.877. The topological polar surface area (TPSA) is 75.5 Å². The fourth-order valence-electron chi connectivity index (χ4n) is 0.853. The molecule has 0 radical (unpaired) electrons. The van der Waals surface area contributed by atoms with Crippen LogP contribution in [0.4, 0.5) is 0 Å². The van der Waals surface area contributed by atoms with Gasteiger partial charge in [0.25, 0.3) is 0 Å². The van der Waals surface area contributed by atoms with E-state index in [1.165, 1.54) is 12.4 Å². The van der Waals surface area contributed by atoms with Gasteiger partial charge < -0.3 is 14.7 Å². The van der Waals surface area contributed by atoms with Crippen LogP contribution < -0.4 is 4.74 Å². The van der Waals surface area contributed by atoms with E-state index in [9.17, 15) is 4.79 Å². The average Bonchev–Trinajstić information content (AvgIpc) is 2.17. The van der Waals surface area contributed by atoms with Crippen LogP contribution in [0.25, 0.3) is 0 Å². The first-order chi connectivity index (χ1) is 7.09. The summed E-state index contributed by atoms with van der Waals surface area (Å²) in [6.07, 6.45) is 2.57. The maximum absolute atomic E-state index is 10.6. The molecule has 0 fully saturated rings. The minimum absolute atomic E-state index is 0.114. The molecule has 0 aliphatic rings. The standard InChI is InChI=1S/C9H13N3O3/c1-12(2)3-4-15-8-6-10-5-7(11-8)9(13)14/h5-6H,3-4H2,1-2H3,(H,13,14). The van der Waals surface area contributed by atoms with Crippen LogP contribution in [-0.4, -0.2) is 53.2 Å². The summed E-state index contributed by atoms with van der Waals surface area (Å²) in [6, 6.07) is 0. The van der Waals surface area contributed by atoms with Gasteiger partial charge in [-0.15, -0.1) is 0 Å². The summed E-state index contributed by atoms with van der Waals surface area (Å²) < 4.78 is 5.23. The van der Waals surface area contributed by atoms with Crippen molar-refractivity contribution in [2.45, 2.75) is 0 Å². The highest BCUT2D eigenvalue weighted by molar-refractivity contribution is 5.84. The normalized spacial score (nSPS) is 10.3. The minimum atomic E-state index is -1.11. The molecule has 0 saturated heterocycles. The summed E-state index contributed by atoms with van der Waals surface area (Å²) in [6.45, 7) is 1.18. The fraction of sp³-hybridized carbons (Fsp3) is 0.444. The fourth-order valence-corrected chi connectivity index (χ4v) is 0.853. The highest BCUT2D eigenvalue weighted by Gasteiger charge is 2.06.